The Morgan fingerprint density at radius 2 is 1.87 bits per heavy atom. The lowest BCUT2D eigenvalue weighted by atomic mass is 10.2. The largest absolute Gasteiger partial charge is 0.486 e. The van der Waals surface area contributed by atoms with Crippen molar-refractivity contribution in [2.24, 2.45) is 0 Å². The number of nitrogens with zero attached hydrogens (tertiary/aromatic N) is 4. The third kappa shape index (κ3) is 4.22. The summed E-state index contributed by atoms with van der Waals surface area (Å²) in [6.45, 7) is 1.41. The maximum absolute atomic E-state index is 13.9. The molecule has 0 spiro atoms. The number of fused-ring (bicyclic) bond motifs is 1. The number of anilines is 3. The van der Waals surface area contributed by atoms with E-state index in [-0.39, 0.29) is 11.9 Å². The van der Waals surface area contributed by atoms with Crippen LogP contribution in [0.3, 0.4) is 0 Å². The zero-order valence-corrected chi connectivity index (χ0v) is 16.2. The maximum Gasteiger partial charge on any atom is 0.320 e. The Balaban J connectivity index is 1.36. The summed E-state index contributed by atoms with van der Waals surface area (Å²) in [5.41, 5.74) is 1.84. The van der Waals surface area contributed by atoms with Gasteiger partial charge in [0.15, 0.2) is 11.5 Å². The molecular formula is C21H17FN6O3. The van der Waals surface area contributed by atoms with Gasteiger partial charge in [0.1, 0.15) is 24.8 Å². The van der Waals surface area contributed by atoms with Crippen LogP contribution in [0.2, 0.25) is 0 Å². The number of benzene rings is 1. The Hall–Kier alpha value is -4.21. The average molecular weight is 420 g/mol. The van der Waals surface area contributed by atoms with Gasteiger partial charge in [-0.05, 0) is 30.3 Å². The molecule has 0 amide bonds. The molecule has 10 heteroatoms. The fraction of sp³-hybridized carbons (Fsp3) is 0.143. The van der Waals surface area contributed by atoms with Gasteiger partial charge < -0.3 is 24.5 Å². The van der Waals surface area contributed by atoms with Crippen molar-refractivity contribution in [3.63, 3.8) is 0 Å². The molecule has 31 heavy (non-hydrogen) atoms. The fourth-order valence-corrected chi connectivity index (χ4v) is 3.05. The van der Waals surface area contributed by atoms with E-state index < -0.39 is 5.82 Å². The van der Waals surface area contributed by atoms with E-state index in [1.807, 2.05) is 18.2 Å². The summed E-state index contributed by atoms with van der Waals surface area (Å²) in [5, 5.41) is 14.2. The van der Waals surface area contributed by atoms with Crippen molar-refractivity contribution in [3.8, 4) is 23.0 Å². The molecule has 1 aliphatic rings. The first-order valence-corrected chi connectivity index (χ1v) is 9.54. The lowest BCUT2D eigenvalue weighted by molar-refractivity contribution is 0.171. The predicted molar refractivity (Wildman–Crippen MR) is 110 cm³/mol. The summed E-state index contributed by atoms with van der Waals surface area (Å²) in [6.07, 6.45) is 2.82. The third-order valence-corrected chi connectivity index (χ3v) is 4.47. The van der Waals surface area contributed by atoms with Crippen LogP contribution in [0, 0.1) is 5.82 Å². The molecule has 0 fully saturated rings. The number of ether oxygens (including phenoxy) is 2. The summed E-state index contributed by atoms with van der Waals surface area (Å²) < 4.78 is 30.7. The molecule has 0 saturated heterocycles. The van der Waals surface area contributed by atoms with E-state index >= 15 is 0 Å². The molecule has 0 radical (unpaired) electrons. The standard InChI is InChI=1S/C21H17FN6O3/c22-13-9-16(19(24-11-13)25-12-15-3-1-2-6-23-15)20-27-28-21(31-20)26-14-4-5-17-18(10-14)30-8-7-29-17/h1-6,9-11H,7-8,12H2,(H,24,25)(H,26,28). The highest BCUT2D eigenvalue weighted by molar-refractivity contribution is 5.69. The Morgan fingerprint density at radius 3 is 2.74 bits per heavy atom. The first kappa shape index (κ1) is 18.8. The predicted octanol–water partition coefficient (Wildman–Crippen LogP) is 3.79. The van der Waals surface area contributed by atoms with Crippen LogP contribution < -0.4 is 20.1 Å². The topological polar surface area (TPSA) is 107 Å². The van der Waals surface area contributed by atoms with Crippen molar-refractivity contribution in [1.29, 1.82) is 0 Å². The molecule has 9 nitrogen and oxygen atoms in total. The summed E-state index contributed by atoms with van der Waals surface area (Å²) in [5.74, 6) is 1.32. The van der Waals surface area contributed by atoms with Crippen molar-refractivity contribution in [2.45, 2.75) is 6.54 Å². The number of pyridine rings is 2. The quantitative estimate of drug-likeness (QED) is 0.482. The summed E-state index contributed by atoms with van der Waals surface area (Å²) in [4.78, 5) is 8.37. The SMILES string of the molecule is Fc1cnc(NCc2ccccn2)c(-c2nnc(Nc3ccc4c(c3)OCCO4)o2)c1. The smallest absolute Gasteiger partial charge is 0.320 e. The van der Waals surface area contributed by atoms with Crippen LogP contribution in [0.4, 0.5) is 21.9 Å². The molecule has 1 aliphatic heterocycles. The molecule has 3 aromatic heterocycles. The van der Waals surface area contributed by atoms with Crippen LogP contribution in [-0.4, -0.2) is 33.4 Å². The monoisotopic (exact) mass is 420 g/mol. The first-order chi connectivity index (χ1) is 15.2. The lowest BCUT2D eigenvalue weighted by Crippen LogP contribution is -2.15. The Morgan fingerprint density at radius 1 is 0.968 bits per heavy atom. The number of aromatic nitrogens is 4. The van der Waals surface area contributed by atoms with Crippen molar-refractivity contribution in [3.05, 3.63) is 66.4 Å². The lowest BCUT2D eigenvalue weighted by Gasteiger charge is -2.18. The van der Waals surface area contributed by atoms with Crippen molar-refractivity contribution < 1.29 is 18.3 Å². The molecule has 4 heterocycles. The number of hydrogen-bond donors (Lipinski definition) is 2. The fourth-order valence-electron chi connectivity index (χ4n) is 3.05. The van der Waals surface area contributed by atoms with Gasteiger partial charge in [0.05, 0.1) is 24.0 Å². The van der Waals surface area contributed by atoms with E-state index in [2.05, 4.69) is 30.8 Å². The Kier molecular flexibility index (Phi) is 5.01. The highest BCUT2D eigenvalue weighted by Crippen LogP contribution is 2.34. The number of hydrogen-bond acceptors (Lipinski definition) is 9. The molecular weight excluding hydrogens is 403 g/mol. The minimum absolute atomic E-state index is 0.121. The van der Waals surface area contributed by atoms with E-state index in [1.54, 1.807) is 24.4 Å². The summed E-state index contributed by atoms with van der Waals surface area (Å²) >= 11 is 0. The van der Waals surface area contributed by atoms with Gasteiger partial charge in [-0.2, -0.15) is 0 Å². The van der Waals surface area contributed by atoms with Crippen LogP contribution in [0.15, 0.2) is 59.3 Å². The zero-order valence-electron chi connectivity index (χ0n) is 16.2. The van der Waals surface area contributed by atoms with E-state index in [1.165, 1.54) is 6.07 Å². The van der Waals surface area contributed by atoms with Crippen molar-refractivity contribution in [2.75, 3.05) is 23.8 Å². The minimum atomic E-state index is -0.516. The van der Waals surface area contributed by atoms with Gasteiger partial charge in [0, 0.05) is 18.0 Å². The second-order valence-electron chi connectivity index (χ2n) is 6.62. The number of nitrogens with one attached hydrogen (secondary N) is 2. The molecule has 156 valence electrons. The van der Waals surface area contributed by atoms with Crippen LogP contribution in [0.25, 0.3) is 11.5 Å². The number of halogens is 1. The molecule has 0 saturated carbocycles. The van der Waals surface area contributed by atoms with Crippen molar-refractivity contribution in [1.82, 2.24) is 20.2 Å². The second-order valence-corrected chi connectivity index (χ2v) is 6.62. The van der Waals surface area contributed by atoms with Gasteiger partial charge in [-0.3, -0.25) is 4.98 Å². The zero-order chi connectivity index (χ0) is 21.0. The van der Waals surface area contributed by atoms with E-state index in [4.69, 9.17) is 13.9 Å². The molecule has 0 unspecified atom stereocenters. The molecule has 4 aromatic rings. The second kappa shape index (κ2) is 8.27. The van der Waals surface area contributed by atoms with Gasteiger partial charge >= 0.3 is 6.01 Å². The van der Waals surface area contributed by atoms with Gasteiger partial charge in [0.25, 0.3) is 5.89 Å². The van der Waals surface area contributed by atoms with Crippen molar-refractivity contribution >= 4 is 17.5 Å². The van der Waals surface area contributed by atoms with Gasteiger partial charge in [-0.25, -0.2) is 9.37 Å². The maximum atomic E-state index is 13.9. The van der Waals surface area contributed by atoms with E-state index in [0.717, 1.165) is 11.9 Å². The summed E-state index contributed by atoms with van der Waals surface area (Å²) in [6, 6.07) is 12.4. The van der Waals surface area contributed by atoms with E-state index in [0.29, 0.717) is 48.3 Å². The highest BCUT2D eigenvalue weighted by Gasteiger charge is 2.17. The average Bonchev–Trinajstić information content (AvgIpc) is 3.27. The summed E-state index contributed by atoms with van der Waals surface area (Å²) in [7, 11) is 0. The third-order valence-electron chi connectivity index (χ3n) is 4.47. The first-order valence-electron chi connectivity index (χ1n) is 9.54. The van der Waals surface area contributed by atoms with Gasteiger partial charge in [-0.1, -0.05) is 11.2 Å². The van der Waals surface area contributed by atoms with Gasteiger partial charge in [0.2, 0.25) is 0 Å². The highest BCUT2D eigenvalue weighted by atomic mass is 19.1. The van der Waals surface area contributed by atoms with Crippen LogP contribution in [0.1, 0.15) is 5.69 Å². The Labute approximate surface area is 176 Å². The molecule has 0 atom stereocenters. The Bertz CT molecular complexity index is 1200. The molecule has 0 bridgehead atoms. The van der Waals surface area contributed by atoms with Crippen LogP contribution in [0.5, 0.6) is 11.5 Å². The number of rotatable bonds is 6. The van der Waals surface area contributed by atoms with Crippen LogP contribution >= 0.6 is 0 Å². The molecule has 0 aliphatic carbocycles. The molecule has 5 rings (SSSR count). The normalized spacial score (nSPS) is 12.4. The molecule has 2 N–H and O–H groups in total. The minimum Gasteiger partial charge on any atom is -0.486 e. The van der Waals surface area contributed by atoms with Gasteiger partial charge in [-0.15, -0.1) is 5.10 Å². The van der Waals surface area contributed by atoms with Crippen LogP contribution in [-0.2, 0) is 6.54 Å². The molecule has 1 aromatic carbocycles. The van der Waals surface area contributed by atoms with E-state index in [9.17, 15) is 4.39 Å².